The molecule has 0 saturated carbocycles. The molecule has 0 aromatic heterocycles. The van der Waals surface area contributed by atoms with Gasteiger partial charge in [-0.05, 0) is 81.2 Å². The lowest BCUT2D eigenvalue weighted by Crippen LogP contribution is -2.46. The minimum Gasteiger partial charge on any atom is -0.494 e. The summed E-state index contributed by atoms with van der Waals surface area (Å²) in [6.07, 6.45) is 5.49. The maximum atomic E-state index is 13.1. The van der Waals surface area contributed by atoms with E-state index in [1.54, 1.807) is 24.3 Å². The number of carbonyl (C=O) groups is 1. The van der Waals surface area contributed by atoms with Crippen molar-refractivity contribution in [1.29, 1.82) is 0 Å². The molecule has 6 nitrogen and oxygen atoms in total. The summed E-state index contributed by atoms with van der Waals surface area (Å²) in [5.41, 5.74) is 1.33. The van der Waals surface area contributed by atoms with Crippen LogP contribution in [0.1, 0.15) is 44.6 Å². The Morgan fingerprint density at radius 1 is 0.912 bits per heavy atom. The van der Waals surface area contributed by atoms with Gasteiger partial charge in [0.15, 0.2) is 0 Å². The van der Waals surface area contributed by atoms with Crippen molar-refractivity contribution in [3.63, 3.8) is 0 Å². The summed E-state index contributed by atoms with van der Waals surface area (Å²) in [7, 11) is -3.48. The van der Waals surface area contributed by atoms with Crippen molar-refractivity contribution in [2.75, 3.05) is 32.8 Å². The van der Waals surface area contributed by atoms with E-state index in [4.69, 9.17) is 4.74 Å². The van der Waals surface area contributed by atoms with E-state index >= 15 is 0 Å². The van der Waals surface area contributed by atoms with Crippen LogP contribution < -0.4 is 4.74 Å². The van der Waals surface area contributed by atoms with Gasteiger partial charge in [0.25, 0.3) is 0 Å². The van der Waals surface area contributed by atoms with Crippen LogP contribution in [0.5, 0.6) is 5.75 Å². The largest absolute Gasteiger partial charge is 0.494 e. The molecule has 7 heteroatoms. The number of amides is 1. The fourth-order valence-electron chi connectivity index (χ4n) is 5.07. The van der Waals surface area contributed by atoms with Gasteiger partial charge in [-0.25, -0.2) is 8.42 Å². The third-order valence-electron chi connectivity index (χ3n) is 7.19. The highest BCUT2D eigenvalue weighted by Crippen LogP contribution is 2.28. The number of hydrogen-bond donors (Lipinski definition) is 0. The highest BCUT2D eigenvalue weighted by molar-refractivity contribution is 7.89. The Balaban J connectivity index is 1.20. The first-order chi connectivity index (χ1) is 16.5. The lowest BCUT2D eigenvalue weighted by Gasteiger charge is -2.37. The average Bonchev–Trinajstić information content (AvgIpc) is 2.89. The smallest absolute Gasteiger partial charge is 0.243 e. The van der Waals surface area contributed by atoms with Gasteiger partial charge in [-0.2, -0.15) is 4.31 Å². The average molecular weight is 485 g/mol. The van der Waals surface area contributed by atoms with Crippen LogP contribution in [0.2, 0.25) is 0 Å². The van der Waals surface area contributed by atoms with Gasteiger partial charge < -0.3 is 9.64 Å². The van der Waals surface area contributed by atoms with Crippen molar-refractivity contribution < 1.29 is 17.9 Å². The third-order valence-corrected chi connectivity index (χ3v) is 9.10. The van der Waals surface area contributed by atoms with E-state index < -0.39 is 10.0 Å². The van der Waals surface area contributed by atoms with E-state index in [0.717, 1.165) is 44.5 Å². The van der Waals surface area contributed by atoms with Crippen LogP contribution in [0.3, 0.4) is 0 Å². The van der Waals surface area contributed by atoms with Crippen LogP contribution in [0, 0.1) is 11.8 Å². The molecule has 0 aliphatic carbocycles. The van der Waals surface area contributed by atoms with Crippen LogP contribution in [-0.2, 0) is 21.2 Å². The third kappa shape index (κ3) is 5.99. The van der Waals surface area contributed by atoms with Crippen molar-refractivity contribution in [2.45, 2.75) is 50.3 Å². The molecule has 0 bridgehead atoms. The maximum absolute atomic E-state index is 13.1. The zero-order valence-electron chi connectivity index (χ0n) is 20.1. The van der Waals surface area contributed by atoms with E-state index in [-0.39, 0.29) is 11.8 Å². The second-order valence-electron chi connectivity index (χ2n) is 9.38. The Morgan fingerprint density at radius 3 is 2.18 bits per heavy atom. The zero-order chi connectivity index (χ0) is 24.0. The standard InChI is InChI=1S/C27H36N2O4S/c1-2-33-25-12-10-22(11-13-25)8-9-23-14-18-28(19-15-23)27(30)24-16-20-29(21-17-24)34(31,32)26-6-4-3-5-7-26/h3-7,10-13,23-24H,2,8-9,14-21H2,1H3. The highest BCUT2D eigenvalue weighted by Gasteiger charge is 2.34. The van der Waals surface area contributed by atoms with Crippen molar-refractivity contribution in [3.05, 3.63) is 60.2 Å². The van der Waals surface area contributed by atoms with Crippen LogP contribution in [-0.4, -0.2) is 56.3 Å². The summed E-state index contributed by atoms with van der Waals surface area (Å²) in [5, 5.41) is 0. The SMILES string of the molecule is CCOc1ccc(CCC2CCN(C(=O)C3CCN(S(=O)(=O)c4ccccc4)CC3)CC2)cc1. The predicted octanol–water partition coefficient (Wildman–Crippen LogP) is 4.36. The number of benzene rings is 2. The molecular weight excluding hydrogens is 448 g/mol. The molecular formula is C27H36N2O4S. The van der Waals surface area contributed by atoms with Gasteiger partial charge in [0.1, 0.15) is 5.75 Å². The number of aryl methyl sites for hydroxylation is 1. The van der Waals surface area contributed by atoms with Gasteiger partial charge in [0.2, 0.25) is 15.9 Å². The number of nitrogens with zero attached hydrogens (tertiary/aromatic N) is 2. The molecule has 184 valence electrons. The molecule has 1 amide bonds. The first-order valence-electron chi connectivity index (χ1n) is 12.5. The fourth-order valence-corrected chi connectivity index (χ4v) is 6.57. The van der Waals surface area contributed by atoms with Crippen molar-refractivity contribution in [1.82, 2.24) is 9.21 Å². The molecule has 4 rings (SSSR count). The monoisotopic (exact) mass is 484 g/mol. The number of hydrogen-bond acceptors (Lipinski definition) is 4. The van der Waals surface area contributed by atoms with E-state index in [1.807, 2.05) is 30.0 Å². The number of sulfonamides is 1. The normalized spacial score (nSPS) is 18.7. The van der Waals surface area contributed by atoms with Crippen molar-refractivity contribution >= 4 is 15.9 Å². The van der Waals surface area contributed by atoms with E-state index in [2.05, 4.69) is 12.1 Å². The van der Waals surface area contributed by atoms with Crippen LogP contribution in [0.15, 0.2) is 59.5 Å². The predicted molar refractivity (Wildman–Crippen MR) is 133 cm³/mol. The lowest BCUT2D eigenvalue weighted by molar-refractivity contribution is -0.138. The molecule has 2 heterocycles. The minimum atomic E-state index is -3.48. The molecule has 0 unspecified atom stereocenters. The molecule has 2 fully saturated rings. The van der Waals surface area contributed by atoms with E-state index in [1.165, 1.54) is 9.87 Å². The van der Waals surface area contributed by atoms with Gasteiger partial charge in [-0.3, -0.25) is 4.79 Å². The Labute approximate surface area is 204 Å². The molecule has 34 heavy (non-hydrogen) atoms. The van der Waals surface area contributed by atoms with Crippen LogP contribution in [0.25, 0.3) is 0 Å². The number of ether oxygens (including phenoxy) is 1. The number of rotatable bonds is 8. The first-order valence-corrected chi connectivity index (χ1v) is 14.0. The zero-order valence-corrected chi connectivity index (χ0v) is 20.9. The highest BCUT2D eigenvalue weighted by atomic mass is 32.2. The van der Waals surface area contributed by atoms with Gasteiger partial charge in [0.05, 0.1) is 11.5 Å². The van der Waals surface area contributed by atoms with E-state index in [9.17, 15) is 13.2 Å². The summed E-state index contributed by atoms with van der Waals surface area (Å²) in [4.78, 5) is 15.4. The minimum absolute atomic E-state index is 0.0670. The molecule has 2 aromatic rings. The summed E-state index contributed by atoms with van der Waals surface area (Å²) < 4.78 is 32.7. The summed E-state index contributed by atoms with van der Waals surface area (Å²) in [5.74, 6) is 1.71. The Morgan fingerprint density at radius 2 is 1.56 bits per heavy atom. The van der Waals surface area contributed by atoms with Gasteiger partial charge >= 0.3 is 0 Å². The lowest BCUT2D eigenvalue weighted by atomic mass is 9.89. The molecule has 0 spiro atoms. The molecule has 2 aliphatic heterocycles. The quantitative estimate of drug-likeness (QED) is 0.559. The Kier molecular flexibility index (Phi) is 8.27. The molecule has 2 aliphatic rings. The van der Waals surface area contributed by atoms with Crippen molar-refractivity contribution in [2.24, 2.45) is 11.8 Å². The van der Waals surface area contributed by atoms with Crippen molar-refractivity contribution in [3.8, 4) is 5.75 Å². The maximum Gasteiger partial charge on any atom is 0.243 e. The first kappa shape index (κ1) is 24.7. The van der Waals surface area contributed by atoms with Gasteiger partial charge in [0, 0.05) is 32.1 Å². The molecule has 2 saturated heterocycles. The molecule has 2 aromatic carbocycles. The Hall–Kier alpha value is -2.38. The molecule has 0 N–H and O–H groups in total. The summed E-state index contributed by atoms with van der Waals surface area (Å²) >= 11 is 0. The summed E-state index contributed by atoms with van der Waals surface area (Å²) in [6.45, 7) is 5.12. The van der Waals surface area contributed by atoms with Crippen LogP contribution >= 0.6 is 0 Å². The fraction of sp³-hybridized carbons (Fsp3) is 0.519. The van der Waals surface area contributed by atoms with Gasteiger partial charge in [-0.1, -0.05) is 30.3 Å². The number of likely N-dealkylation sites (tertiary alicyclic amines) is 1. The second-order valence-corrected chi connectivity index (χ2v) is 11.3. The molecule has 0 radical (unpaired) electrons. The molecule has 0 atom stereocenters. The van der Waals surface area contributed by atoms with Crippen LogP contribution in [0.4, 0.5) is 0 Å². The van der Waals surface area contributed by atoms with E-state index in [0.29, 0.717) is 43.4 Å². The topological polar surface area (TPSA) is 66.9 Å². The summed E-state index contributed by atoms with van der Waals surface area (Å²) in [6, 6.07) is 16.9. The number of carbonyl (C=O) groups excluding carboxylic acids is 1. The number of piperidine rings is 2. The Bertz CT molecular complexity index is 1020. The van der Waals surface area contributed by atoms with Gasteiger partial charge in [-0.15, -0.1) is 0 Å². The second kappa shape index (κ2) is 11.4.